The Bertz CT molecular complexity index is 681. The molecule has 0 atom stereocenters. The van der Waals surface area contributed by atoms with Gasteiger partial charge in [0.1, 0.15) is 5.65 Å². The molecule has 0 aliphatic heterocycles. The molecule has 0 fully saturated rings. The van der Waals surface area contributed by atoms with E-state index in [1.165, 1.54) is 11.1 Å². The molecule has 0 N–H and O–H groups in total. The van der Waals surface area contributed by atoms with Crippen molar-refractivity contribution in [3.8, 4) is 0 Å². The molecular formula is C14H18N2O. The first-order chi connectivity index (χ1) is 7.86. The highest BCUT2D eigenvalue weighted by atomic mass is 16.1. The minimum absolute atomic E-state index is 0.0520. The van der Waals surface area contributed by atoms with E-state index in [2.05, 4.69) is 18.8 Å². The van der Waals surface area contributed by atoms with Crippen LogP contribution in [0, 0.1) is 41.5 Å². The minimum Gasteiger partial charge on any atom is -0.269 e. The standard InChI is InChI=1S/C14H18N2O/c1-7-8(2)12(6)16-13(9(7)3)15-11(5)10(4)14(16)17/h1-6H3. The second-order valence-electron chi connectivity index (χ2n) is 4.75. The second-order valence-corrected chi connectivity index (χ2v) is 4.75. The van der Waals surface area contributed by atoms with Crippen LogP contribution in [0.4, 0.5) is 0 Å². The van der Waals surface area contributed by atoms with Gasteiger partial charge in [0.15, 0.2) is 0 Å². The zero-order valence-electron chi connectivity index (χ0n) is 11.3. The van der Waals surface area contributed by atoms with Crippen LogP contribution in [0.2, 0.25) is 0 Å². The van der Waals surface area contributed by atoms with Crippen molar-refractivity contribution < 1.29 is 0 Å². The lowest BCUT2D eigenvalue weighted by atomic mass is 10.0. The van der Waals surface area contributed by atoms with E-state index in [1.54, 1.807) is 4.40 Å². The van der Waals surface area contributed by atoms with Gasteiger partial charge < -0.3 is 0 Å². The Morgan fingerprint density at radius 2 is 1.41 bits per heavy atom. The maximum atomic E-state index is 12.3. The summed E-state index contributed by atoms with van der Waals surface area (Å²) in [6.07, 6.45) is 0. The van der Waals surface area contributed by atoms with Crippen LogP contribution in [-0.4, -0.2) is 9.38 Å². The summed E-state index contributed by atoms with van der Waals surface area (Å²) >= 11 is 0. The lowest BCUT2D eigenvalue weighted by molar-refractivity contribution is 0.918. The molecule has 0 spiro atoms. The van der Waals surface area contributed by atoms with E-state index in [4.69, 9.17) is 0 Å². The summed E-state index contributed by atoms with van der Waals surface area (Å²) in [6, 6.07) is 0. The molecule has 0 amide bonds. The van der Waals surface area contributed by atoms with Crippen molar-refractivity contribution in [3.63, 3.8) is 0 Å². The van der Waals surface area contributed by atoms with Crippen molar-refractivity contribution >= 4 is 5.65 Å². The maximum absolute atomic E-state index is 12.3. The van der Waals surface area contributed by atoms with Crippen LogP contribution in [-0.2, 0) is 0 Å². The van der Waals surface area contributed by atoms with Gasteiger partial charge in [0.05, 0.1) is 0 Å². The molecule has 2 heterocycles. The fourth-order valence-corrected chi connectivity index (χ4v) is 2.16. The van der Waals surface area contributed by atoms with E-state index < -0.39 is 0 Å². The van der Waals surface area contributed by atoms with Gasteiger partial charge in [-0.15, -0.1) is 0 Å². The van der Waals surface area contributed by atoms with E-state index in [1.807, 2.05) is 27.7 Å². The normalized spacial score (nSPS) is 11.2. The van der Waals surface area contributed by atoms with Gasteiger partial charge in [-0.2, -0.15) is 0 Å². The molecule has 0 bridgehead atoms. The Morgan fingerprint density at radius 1 is 0.824 bits per heavy atom. The Morgan fingerprint density at radius 3 is 2.00 bits per heavy atom. The van der Waals surface area contributed by atoms with Gasteiger partial charge in [-0.1, -0.05) is 0 Å². The third-order valence-electron chi connectivity index (χ3n) is 3.89. The Balaban J connectivity index is 3.18. The van der Waals surface area contributed by atoms with Crippen LogP contribution in [0.3, 0.4) is 0 Å². The molecule has 17 heavy (non-hydrogen) atoms. The smallest absolute Gasteiger partial charge is 0.261 e. The fraction of sp³-hybridized carbons (Fsp3) is 0.429. The van der Waals surface area contributed by atoms with Crippen molar-refractivity contribution in [2.24, 2.45) is 0 Å². The molecule has 3 nitrogen and oxygen atoms in total. The number of aryl methyl sites for hydroxylation is 3. The Hall–Kier alpha value is -1.64. The van der Waals surface area contributed by atoms with Crippen molar-refractivity contribution in [2.75, 3.05) is 0 Å². The quantitative estimate of drug-likeness (QED) is 0.697. The lowest BCUT2D eigenvalue weighted by Gasteiger charge is -2.15. The van der Waals surface area contributed by atoms with Crippen LogP contribution in [0.5, 0.6) is 0 Å². The average Bonchev–Trinajstić information content (AvgIpc) is 2.30. The van der Waals surface area contributed by atoms with Crippen LogP contribution in [0.1, 0.15) is 33.6 Å². The topological polar surface area (TPSA) is 34.4 Å². The molecule has 0 aliphatic carbocycles. The average molecular weight is 230 g/mol. The highest BCUT2D eigenvalue weighted by Gasteiger charge is 2.13. The Labute approximate surface area is 101 Å². The molecule has 0 aromatic carbocycles. The number of fused-ring (bicyclic) bond motifs is 1. The van der Waals surface area contributed by atoms with E-state index in [0.29, 0.717) is 0 Å². The van der Waals surface area contributed by atoms with Crippen molar-refractivity contribution in [2.45, 2.75) is 41.5 Å². The van der Waals surface area contributed by atoms with Gasteiger partial charge in [-0.25, -0.2) is 4.98 Å². The first kappa shape index (κ1) is 11.8. The van der Waals surface area contributed by atoms with Gasteiger partial charge in [0.25, 0.3) is 5.56 Å². The molecule has 0 aliphatic rings. The first-order valence-corrected chi connectivity index (χ1v) is 5.82. The van der Waals surface area contributed by atoms with E-state index in [9.17, 15) is 4.79 Å². The monoisotopic (exact) mass is 230 g/mol. The predicted molar refractivity (Wildman–Crippen MR) is 69.9 cm³/mol. The summed E-state index contributed by atoms with van der Waals surface area (Å²) in [5.74, 6) is 0. The van der Waals surface area contributed by atoms with E-state index in [0.717, 1.165) is 28.2 Å². The second kappa shape index (κ2) is 3.69. The summed E-state index contributed by atoms with van der Waals surface area (Å²) in [6.45, 7) is 11.9. The molecule has 3 heteroatoms. The summed E-state index contributed by atoms with van der Waals surface area (Å²) in [7, 11) is 0. The van der Waals surface area contributed by atoms with Crippen LogP contribution < -0.4 is 5.56 Å². The molecule has 2 aromatic rings. The van der Waals surface area contributed by atoms with Gasteiger partial charge >= 0.3 is 0 Å². The molecule has 0 saturated heterocycles. The molecular weight excluding hydrogens is 212 g/mol. The third kappa shape index (κ3) is 1.49. The van der Waals surface area contributed by atoms with Gasteiger partial charge in [0, 0.05) is 17.0 Å². The van der Waals surface area contributed by atoms with Crippen molar-refractivity contribution in [1.82, 2.24) is 9.38 Å². The van der Waals surface area contributed by atoms with Crippen LogP contribution in [0.25, 0.3) is 5.65 Å². The Kier molecular flexibility index (Phi) is 2.57. The third-order valence-corrected chi connectivity index (χ3v) is 3.89. The lowest BCUT2D eigenvalue weighted by Crippen LogP contribution is -2.23. The maximum Gasteiger partial charge on any atom is 0.261 e. The SMILES string of the molecule is Cc1nc2c(C)c(C)c(C)c(C)n2c(=O)c1C. The zero-order valence-corrected chi connectivity index (χ0v) is 11.3. The summed E-state index contributed by atoms with van der Waals surface area (Å²) in [5, 5.41) is 0. The number of rotatable bonds is 0. The zero-order chi connectivity index (χ0) is 12.9. The number of hydrogen-bond donors (Lipinski definition) is 0. The molecule has 2 rings (SSSR count). The molecule has 2 aromatic heterocycles. The van der Waals surface area contributed by atoms with Gasteiger partial charge in [-0.3, -0.25) is 9.20 Å². The number of nitrogens with zero attached hydrogens (tertiary/aromatic N) is 2. The summed E-state index contributed by atoms with van der Waals surface area (Å²) < 4.78 is 1.74. The summed E-state index contributed by atoms with van der Waals surface area (Å²) in [5.41, 5.74) is 6.86. The molecule has 90 valence electrons. The van der Waals surface area contributed by atoms with Gasteiger partial charge in [-0.05, 0) is 58.2 Å². The predicted octanol–water partition coefficient (Wildman–Crippen LogP) is 2.55. The van der Waals surface area contributed by atoms with Crippen LogP contribution >= 0.6 is 0 Å². The number of aromatic nitrogens is 2. The largest absolute Gasteiger partial charge is 0.269 e. The molecule has 0 saturated carbocycles. The first-order valence-electron chi connectivity index (χ1n) is 5.82. The minimum atomic E-state index is 0.0520. The fourth-order valence-electron chi connectivity index (χ4n) is 2.16. The van der Waals surface area contributed by atoms with Crippen molar-refractivity contribution in [1.29, 1.82) is 0 Å². The van der Waals surface area contributed by atoms with Crippen molar-refractivity contribution in [3.05, 3.63) is 44.0 Å². The molecule has 0 unspecified atom stereocenters. The van der Waals surface area contributed by atoms with Gasteiger partial charge in [0.2, 0.25) is 0 Å². The summed E-state index contributed by atoms with van der Waals surface area (Å²) in [4.78, 5) is 16.9. The van der Waals surface area contributed by atoms with E-state index >= 15 is 0 Å². The van der Waals surface area contributed by atoms with Crippen LogP contribution in [0.15, 0.2) is 4.79 Å². The highest BCUT2D eigenvalue weighted by Crippen LogP contribution is 2.20. The number of hydrogen-bond acceptors (Lipinski definition) is 2. The number of pyridine rings is 1. The highest BCUT2D eigenvalue weighted by molar-refractivity contribution is 5.55. The van der Waals surface area contributed by atoms with E-state index in [-0.39, 0.29) is 5.56 Å². The molecule has 0 radical (unpaired) electrons.